The number of halogens is 4. The number of methoxy groups -OCH3 is 1. The van der Waals surface area contributed by atoms with E-state index in [0.717, 1.165) is 5.01 Å². The van der Waals surface area contributed by atoms with Crippen molar-refractivity contribution in [1.82, 2.24) is 5.43 Å². The molecule has 1 amide bonds. The number of carbonyl (C=O) groups is 1. The van der Waals surface area contributed by atoms with Crippen molar-refractivity contribution in [3.05, 3.63) is 95.9 Å². The van der Waals surface area contributed by atoms with Crippen LogP contribution in [0.3, 0.4) is 0 Å². The van der Waals surface area contributed by atoms with Crippen LogP contribution in [0.25, 0.3) is 6.08 Å². The number of ether oxygens (including phenoxy) is 1. The number of benzene rings is 3. The van der Waals surface area contributed by atoms with E-state index in [1.54, 1.807) is 37.5 Å². The van der Waals surface area contributed by atoms with Gasteiger partial charge < -0.3 is 4.74 Å². The summed E-state index contributed by atoms with van der Waals surface area (Å²) in [7, 11) is 1.54. The molecule has 0 aliphatic carbocycles. The summed E-state index contributed by atoms with van der Waals surface area (Å²) < 4.78 is 5.17. The highest BCUT2D eigenvalue weighted by Gasteiger charge is 2.35. The summed E-state index contributed by atoms with van der Waals surface area (Å²) in [6, 6.07) is 13.7. The Labute approximate surface area is 219 Å². The van der Waals surface area contributed by atoms with Crippen LogP contribution in [0, 0.1) is 10.1 Å². The minimum Gasteiger partial charge on any atom is -0.497 e. The van der Waals surface area contributed by atoms with Gasteiger partial charge in [0, 0.05) is 17.2 Å². The molecular formula is C23H14Cl4N4O4. The van der Waals surface area contributed by atoms with Gasteiger partial charge in [0.1, 0.15) is 11.4 Å². The lowest BCUT2D eigenvalue weighted by molar-refractivity contribution is -0.384. The molecule has 4 rings (SSSR count). The molecule has 178 valence electrons. The van der Waals surface area contributed by atoms with Gasteiger partial charge in [-0.15, -0.1) is 0 Å². The van der Waals surface area contributed by atoms with Gasteiger partial charge in [-0.25, -0.2) is 10.0 Å². The van der Waals surface area contributed by atoms with Gasteiger partial charge >= 0.3 is 0 Å². The summed E-state index contributed by atoms with van der Waals surface area (Å²) in [6.45, 7) is 0. The zero-order valence-electron chi connectivity index (χ0n) is 17.8. The third-order valence-corrected chi connectivity index (χ3v) is 6.03. The molecule has 1 saturated heterocycles. The molecule has 3 aromatic rings. The summed E-state index contributed by atoms with van der Waals surface area (Å²) in [5.74, 6) is 0.198. The summed E-state index contributed by atoms with van der Waals surface area (Å²) >= 11 is 24.9. The molecule has 0 saturated carbocycles. The van der Waals surface area contributed by atoms with Crippen LogP contribution in [0.2, 0.25) is 20.1 Å². The van der Waals surface area contributed by atoms with Crippen molar-refractivity contribution in [2.45, 2.75) is 0 Å². The Morgan fingerprint density at radius 3 is 2.26 bits per heavy atom. The Balaban J connectivity index is 1.86. The van der Waals surface area contributed by atoms with Crippen LogP contribution in [-0.4, -0.2) is 23.8 Å². The number of nitrogens with one attached hydrogen (secondary N) is 1. The average Bonchev–Trinajstić information content (AvgIpc) is 3.09. The molecule has 0 aromatic heterocycles. The van der Waals surface area contributed by atoms with Crippen molar-refractivity contribution >= 4 is 81.3 Å². The fourth-order valence-corrected chi connectivity index (χ4v) is 4.39. The van der Waals surface area contributed by atoms with Crippen molar-refractivity contribution in [2.75, 3.05) is 12.1 Å². The highest BCUT2D eigenvalue weighted by atomic mass is 35.5. The third-order valence-electron chi connectivity index (χ3n) is 4.91. The molecule has 0 unspecified atom stereocenters. The first-order valence-corrected chi connectivity index (χ1v) is 11.3. The number of nitro benzene ring substituents is 1. The van der Waals surface area contributed by atoms with Crippen molar-refractivity contribution in [1.29, 1.82) is 0 Å². The van der Waals surface area contributed by atoms with Crippen molar-refractivity contribution in [2.24, 2.45) is 4.99 Å². The van der Waals surface area contributed by atoms with Gasteiger partial charge in [-0.2, -0.15) is 0 Å². The summed E-state index contributed by atoms with van der Waals surface area (Å²) in [5, 5.41) is 13.1. The zero-order chi connectivity index (χ0) is 25.3. The summed E-state index contributed by atoms with van der Waals surface area (Å²) in [4.78, 5) is 28.6. The number of hydrogen-bond acceptors (Lipinski definition) is 5. The van der Waals surface area contributed by atoms with Crippen LogP contribution in [-0.2, 0) is 4.79 Å². The van der Waals surface area contributed by atoms with Crippen LogP contribution in [0.5, 0.6) is 5.75 Å². The van der Waals surface area contributed by atoms with Crippen LogP contribution in [0.1, 0.15) is 5.56 Å². The quantitative estimate of drug-likeness (QED) is 0.212. The molecule has 1 N–H and O–H groups in total. The molecule has 0 spiro atoms. The first-order valence-electron chi connectivity index (χ1n) is 9.82. The average molecular weight is 552 g/mol. The maximum absolute atomic E-state index is 13.5. The second-order valence-corrected chi connectivity index (χ2v) is 8.81. The number of amides is 1. The van der Waals surface area contributed by atoms with Gasteiger partial charge in [-0.1, -0.05) is 58.5 Å². The highest BCUT2D eigenvalue weighted by Crippen LogP contribution is 2.39. The lowest BCUT2D eigenvalue weighted by atomic mass is 10.1. The molecule has 1 fully saturated rings. The minimum absolute atomic E-state index is 0.0790. The number of hydrogen-bond donors (Lipinski definition) is 1. The number of aliphatic imine (C=N–C) groups is 1. The van der Waals surface area contributed by atoms with Gasteiger partial charge in [0.25, 0.3) is 11.6 Å². The smallest absolute Gasteiger partial charge is 0.280 e. The SMILES string of the molecule is COc1ccc(/C=C2/C(=O)N(c3c(Cl)cc(Cl)cc3Cl)NC2=Nc2cc([N+](=O)[O-])ccc2Cl)cc1. The second kappa shape index (κ2) is 10.1. The van der Waals surface area contributed by atoms with E-state index in [-0.39, 0.29) is 43.5 Å². The number of nitrogens with zero attached hydrogens (tertiary/aromatic N) is 3. The van der Waals surface area contributed by atoms with E-state index in [1.807, 2.05) is 0 Å². The Morgan fingerprint density at radius 2 is 1.66 bits per heavy atom. The molecule has 0 radical (unpaired) electrons. The number of anilines is 1. The Morgan fingerprint density at radius 1 is 1.00 bits per heavy atom. The highest BCUT2D eigenvalue weighted by molar-refractivity contribution is 6.44. The number of amidine groups is 1. The minimum atomic E-state index is -0.569. The zero-order valence-corrected chi connectivity index (χ0v) is 20.8. The molecule has 0 bridgehead atoms. The summed E-state index contributed by atoms with van der Waals surface area (Å²) in [6.07, 6.45) is 1.59. The molecule has 35 heavy (non-hydrogen) atoms. The predicted octanol–water partition coefficient (Wildman–Crippen LogP) is 6.88. The number of nitro groups is 1. The third kappa shape index (κ3) is 5.21. The van der Waals surface area contributed by atoms with E-state index in [0.29, 0.717) is 16.3 Å². The van der Waals surface area contributed by atoms with Crippen molar-refractivity contribution in [3.8, 4) is 5.75 Å². The first kappa shape index (κ1) is 24.8. The number of hydrazine groups is 1. The van der Waals surface area contributed by atoms with E-state index >= 15 is 0 Å². The first-order chi connectivity index (χ1) is 16.7. The normalized spacial score (nSPS) is 15.6. The Bertz CT molecular complexity index is 1380. The van der Waals surface area contributed by atoms with Crippen LogP contribution >= 0.6 is 46.4 Å². The molecule has 8 nitrogen and oxygen atoms in total. The van der Waals surface area contributed by atoms with E-state index in [1.165, 1.54) is 30.3 Å². The van der Waals surface area contributed by atoms with E-state index in [2.05, 4.69) is 10.4 Å². The maximum Gasteiger partial charge on any atom is 0.280 e. The second-order valence-electron chi connectivity index (χ2n) is 7.15. The van der Waals surface area contributed by atoms with Gasteiger partial charge in [0.2, 0.25) is 0 Å². The van der Waals surface area contributed by atoms with Gasteiger partial charge in [0.05, 0.1) is 38.4 Å². The molecule has 1 aliphatic rings. The molecule has 3 aromatic carbocycles. The largest absolute Gasteiger partial charge is 0.497 e. The van der Waals surface area contributed by atoms with E-state index in [4.69, 9.17) is 51.1 Å². The van der Waals surface area contributed by atoms with E-state index < -0.39 is 10.8 Å². The molecule has 12 heteroatoms. The van der Waals surface area contributed by atoms with E-state index in [9.17, 15) is 14.9 Å². The monoisotopic (exact) mass is 550 g/mol. The van der Waals surface area contributed by atoms with Crippen LogP contribution < -0.4 is 15.2 Å². The predicted molar refractivity (Wildman–Crippen MR) is 138 cm³/mol. The van der Waals surface area contributed by atoms with Crippen molar-refractivity contribution < 1.29 is 14.5 Å². The topological polar surface area (TPSA) is 97.1 Å². The standard InChI is InChI=1S/C23H14Cl4N4O4/c1-35-15-5-2-12(3-6-15)8-16-22(28-20-11-14(31(33)34)4-7-17(20)25)29-30(23(16)32)21-18(26)9-13(24)10-19(21)27/h2-11H,1H3,(H,28,29)/b16-8+. The van der Waals surface area contributed by atoms with Gasteiger partial charge in [-0.05, 0) is 42.0 Å². The molecule has 0 atom stereocenters. The number of non-ortho nitro benzene ring substituents is 1. The summed E-state index contributed by atoms with van der Waals surface area (Å²) in [5.41, 5.74) is 3.73. The molecular weight excluding hydrogens is 538 g/mol. The van der Waals surface area contributed by atoms with Gasteiger partial charge in [0.15, 0.2) is 5.84 Å². The Hall–Kier alpha value is -3.30. The molecule has 1 aliphatic heterocycles. The number of carbonyl (C=O) groups excluding carboxylic acids is 1. The van der Waals surface area contributed by atoms with Crippen LogP contribution in [0.4, 0.5) is 17.1 Å². The fourth-order valence-electron chi connectivity index (χ4n) is 3.25. The van der Waals surface area contributed by atoms with Gasteiger partial charge in [-0.3, -0.25) is 20.3 Å². The molecule has 1 heterocycles. The maximum atomic E-state index is 13.5. The number of rotatable bonds is 5. The Kier molecular flexibility index (Phi) is 7.18. The fraction of sp³-hybridized carbons (Fsp3) is 0.0435. The van der Waals surface area contributed by atoms with Crippen LogP contribution in [0.15, 0.2) is 65.2 Å². The lowest BCUT2D eigenvalue weighted by Crippen LogP contribution is -2.36. The van der Waals surface area contributed by atoms with Crippen molar-refractivity contribution in [3.63, 3.8) is 0 Å². The lowest BCUT2D eigenvalue weighted by Gasteiger charge is -2.18.